The van der Waals surface area contributed by atoms with Crippen LogP contribution in [0.25, 0.3) is 6.08 Å². The third kappa shape index (κ3) is 3.11. The van der Waals surface area contributed by atoms with E-state index in [0.29, 0.717) is 0 Å². The van der Waals surface area contributed by atoms with E-state index < -0.39 is 0 Å². The Labute approximate surface area is 83.3 Å². The first-order valence-electron chi connectivity index (χ1n) is 4.37. The predicted octanol–water partition coefficient (Wildman–Crippen LogP) is 3.08. The second kappa shape index (κ2) is 4.92. The van der Waals surface area contributed by atoms with Gasteiger partial charge in [0.25, 0.3) is 0 Å². The fraction of sp³-hybridized carbons (Fsp3) is 0.400. The van der Waals surface area contributed by atoms with E-state index in [1.807, 2.05) is 12.2 Å². The molecule has 0 radical (unpaired) electrons. The Kier molecular flexibility index (Phi) is 3.83. The molecule has 0 saturated heterocycles. The van der Waals surface area contributed by atoms with Crippen LogP contribution < -0.4 is 0 Å². The van der Waals surface area contributed by atoms with Crippen LogP contribution >= 0.6 is 11.7 Å². The molecule has 1 rings (SSSR count). The van der Waals surface area contributed by atoms with E-state index in [1.165, 1.54) is 17.3 Å². The zero-order valence-electron chi connectivity index (χ0n) is 8.24. The van der Waals surface area contributed by atoms with Gasteiger partial charge in [-0.2, -0.15) is 8.75 Å². The van der Waals surface area contributed by atoms with Crippen molar-refractivity contribution < 1.29 is 0 Å². The first-order valence-corrected chi connectivity index (χ1v) is 5.10. The van der Waals surface area contributed by atoms with E-state index >= 15 is 0 Å². The summed E-state index contributed by atoms with van der Waals surface area (Å²) in [6.45, 7) is 6.24. The van der Waals surface area contributed by atoms with Crippen molar-refractivity contribution in [3.05, 3.63) is 29.1 Å². The van der Waals surface area contributed by atoms with Crippen LogP contribution in [0.15, 0.2) is 17.7 Å². The van der Waals surface area contributed by atoms with E-state index in [2.05, 4.69) is 35.6 Å². The highest BCUT2D eigenvalue weighted by Crippen LogP contribution is 2.08. The van der Waals surface area contributed by atoms with Crippen molar-refractivity contribution in [2.24, 2.45) is 0 Å². The smallest absolute Gasteiger partial charge is 0.100 e. The SMILES string of the molecule is CCc1nsnc1/C=C\C=C(C)C. The molecule has 70 valence electrons. The van der Waals surface area contributed by atoms with E-state index in [0.717, 1.165) is 17.8 Å². The Hall–Kier alpha value is -0.960. The van der Waals surface area contributed by atoms with Gasteiger partial charge in [-0.1, -0.05) is 24.6 Å². The minimum Gasteiger partial charge on any atom is -0.177 e. The first-order chi connectivity index (χ1) is 6.24. The summed E-state index contributed by atoms with van der Waals surface area (Å²) in [5.74, 6) is 0. The van der Waals surface area contributed by atoms with Crippen molar-refractivity contribution in [1.29, 1.82) is 0 Å². The van der Waals surface area contributed by atoms with Crippen LogP contribution in [0.2, 0.25) is 0 Å². The van der Waals surface area contributed by atoms with Gasteiger partial charge in [0.15, 0.2) is 0 Å². The Morgan fingerprint density at radius 2 is 2.15 bits per heavy atom. The fourth-order valence-electron chi connectivity index (χ4n) is 0.917. The molecule has 0 aliphatic heterocycles. The van der Waals surface area contributed by atoms with Gasteiger partial charge in [0, 0.05) is 0 Å². The van der Waals surface area contributed by atoms with Gasteiger partial charge >= 0.3 is 0 Å². The second-order valence-corrected chi connectivity index (χ2v) is 3.58. The predicted molar refractivity (Wildman–Crippen MR) is 57.8 cm³/mol. The van der Waals surface area contributed by atoms with Crippen molar-refractivity contribution in [2.75, 3.05) is 0 Å². The number of hydrogen-bond donors (Lipinski definition) is 0. The topological polar surface area (TPSA) is 25.8 Å². The molecule has 0 N–H and O–H groups in total. The maximum Gasteiger partial charge on any atom is 0.100 e. The molecule has 0 fully saturated rings. The lowest BCUT2D eigenvalue weighted by atomic mass is 10.2. The maximum absolute atomic E-state index is 4.20. The molecular formula is C10H14N2S. The van der Waals surface area contributed by atoms with Gasteiger partial charge in [0.05, 0.1) is 17.4 Å². The van der Waals surface area contributed by atoms with Crippen LogP contribution in [0.4, 0.5) is 0 Å². The van der Waals surface area contributed by atoms with Gasteiger partial charge in [0.1, 0.15) is 5.69 Å². The standard InChI is InChI=1S/C10H14N2S/c1-4-9-10(12-13-11-9)7-5-6-8(2)3/h5-7H,4H2,1-3H3/b7-5-. The summed E-state index contributed by atoms with van der Waals surface area (Å²) in [6.07, 6.45) is 7.05. The third-order valence-corrected chi connectivity index (χ3v) is 2.18. The molecule has 0 saturated carbocycles. The lowest BCUT2D eigenvalue weighted by Crippen LogP contribution is -1.82. The molecule has 1 aromatic heterocycles. The second-order valence-electron chi connectivity index (χ2n) is 3.05. The average molecular weight is 194 g/mol. The van der Waals surface area contributed by atoms with Crippen LogP contribution in [0.1, 0.15) is 32.2 Å². The van der Waals surface area contributed by atoms with E-state index in [-0.39, 0.29) is 0 Å². The molecule has 0 aliphatic rings. The van der Waals surface area contributed by atoms with Gasteiger partial charge in [0.2, 0.25) is 0 Å². The number of aryl methyl sites for hydroxylation is 1. The van der Waals surface area contributed by atoms with E-state index in [4.69, 9.17) is 0 Å². The Bertz CT molecular complexity index is 319. The summed E-state index contributed by atoms with van der Waals surface area (Å²) in [5, 5.41) is 0. The molecule has 0 amide bonds. The molecule has 0 unspecified atom stereocenters. The highest BCUT2D eigenvalue weighted by atomic mass is 32.1. The summed E-state index contributed by atoms with van der Waals surface area (Å²) in [6, 6.07) is 0. The number of hydrogen-bond acceptors (Lipinski definition) is 3. The lowest BCUT2D eigenvalue weighted by Gasteiger charge is -1.88. The molecule has 2 nitrogen and oxygen atoms in total. The number of allylic oxidation sites excluding steroid dienone is 3. The molecule has 0 spiro atoms. The third-order valence-electron chi connectivity index (χ3n) is 1.60. The average Bonchev–Trinajstić information content (AvgIpc) is 2.51. The van der Waals surface area contributed by atoms with Gasteiger partial charge in [-0.25, -0.2) is 0 Å². The zero-order valence-corrected chi connectivity index (χ0v) is 9.06. The number of aromatic nitrogens is 2. The van der Waals surface area contributed by atoms with E-state index in [9.17, 15) is 0 Å². The summed E-state index contributed by atoms with van der Waals surface area (Å²) in [4.78, 5) is 0. The minimum absolute atomic E-state index is 0.949. The molecule has 0 bridgehead atoms. The summed E-state index contributed by atoms with van der Waals surface area (Å²) in [5.41, 5.74) is 3.38. The molecule has 0 aliphatic carbocycles. The van der Waals surface area contributed by atoms with Crippen LogP contribution in [0, 0.1) is 0 Å². The number of nitrogens with zero attached hydrogens (tertiary/aromatic N) is 2. The highest BCUT2D eigenvalue weighted by molar-refractivity contribution is 6.99. The first kappa shape index (κ1) is 10.1. The minimum atomic E-state index is 0.949. The number of rotatable bonds is 3. The van der Waals surface area contributed by atoms with Crippen molar-refractivity contribution in [3.8, 4) is 0 Å². The molecule has 3 heteroatoms. The van der Waals surface area contributed by atoms with Gasteiger partial charge < -0.3 is 0 Å². The molecule has 1 aromatic rings. The van der Waals surface area contributed by atoms with Crippen molar-refractivity contribution in [2.45, 2.75) is 27.2 Å². The molecule has 0 aromatic carbocycles. The molecule has 0 atom stereocenters. The monoisotopic (exact) mass is 194 g/mol. The van der Waals surface area contributed by atoms with Gasteiger partial charge in [-0.3, -0.25) is 0 Å². The Morgan fingerprint density at radius 3 is 2.77 bits per heavy atom. The van der Waals surface area contributed by atoms with Crippen LogP contribution in [-0.4, -0.2) is 8.75 Å². The molecule has 13 heavy (non-hydrogen) atoms. The van der Waals surface area contributed by atoms with Crippen LogP contribution in [0.5, 0.6) is 0 Å². The van der Waals surface area contributed by atoms with Crippen LogP contribution in [0.3, 0.4) is 0 Å². The van der Waals surface area contributed by atoms with E-state index in [1.54, 1.807) is 0 Å². The largest absolute Gasteiger partial charge is 0.177 e. The van der Waals surface area contributed by atoms with Gasteiger partial charge in [-0.15, -0.1) is 0 Å². The summed E-state index contributed by atoms with van der Waals surface area (Å²) < 4.78 is 8.39. The van der Waals surface area contributed by atoms with Crippen molar-refractivity contribution >= 4 is 17.8 Å². The van der Waals surface area contributed by atoms with Crippen molar-refractivity contribution in [3.63, 3.8) is 0 Å². The quantitative estimate of drug-likeness (QED) is 0.691. The molecular weight excluding hydrogens is 180 g/mol. The highest BCUT2D eigenvalue weighted by Gasteiger charge is 2.00. The van der Waals surface area contributed by atoms with Crippen molar-refractivity contribution in [1.82, 2.24) is 8.75 Å². The molecule has 1 heterocycles. The summed E-state index contributed by atoms with van der Waals surface area (Å²) in [7, 11) is 0. The Morgan fingerprint density at radius 1 is 1.38 bits per heavy atom. The fourth-order valence-corrected chi connectivity index (χ4v) is 1.53. The zero-order chi connectivity index (χ0) is 9.68. The van der Waals surface area contributed by atoms with Crippen LogP contribution in [-0.2, 0) is 6.42 Å². The van der Waals surface area contributed by atoms with Gasteiger partial charge in [-0.05, 0) is 26.3 Å². The normalized spacial score (nSPS) is 10.7. The maximum atomic E-state index is 4.20. The lowest BCUT2D eigenvalue weighted by molar-refractivity contribution is 1.07. The summed E-state index contributed by atoms with van der Waals surface area (Å²) >= 11 is 1.28. The Balaban J connectivity index is 2.73.